The molecule has 0 aliphatic carbocycles. The summed E-state index contributed by atoms with van der Waals surface area (Å²) in [5.41, 5.74) is 3.46. The first-order valence-electron chi connectivity index (χ1n) is 9.82. The predicted octanol–water partition coefficient (Wildman–Crippen LogP) is 3.85. The molecule has 1 amide bonds. The quantitative estimate of drug-likeness (QED) is 0.693. The van der Waals surface area contributed by atoms with Crippen LogP contribution >= 0.6 is 0 Å². The van der Waals surface area contributed by atoms with E-state index in [-0.39, 0.29) is 0 Å². The lowest BCUT2D eigenvalue weighted by molar-refractivity contribution is 0.103. The van der Waals surface area contributed by atoms with Gasteiger partial charge in [0.15, 0.2) is 0 Å². The molecule has 6 heteroatoms. The van der Waals surface area contributed by atoms with Gasteiger partial charge < -0.3 is 19.3 Å². The molecule has 0 radical (unpaired) electrons. The summed E-state index contributed by atoms with van der Waals surface area (Å²) in [6.07, 6.45) is 3.21. The zero-order chi connectivity index (χ0) is 20.1. The fraction of sp³-hybridized carbons (Fsp3) is 0.261. The third-order valence-corrected chi connectivity index (χ3v) is 5.22. The molecule has 1 aliphatic rings. The van der Waals surface area contributed by atoms with Crippen LogP contribution in [0.5, 0.6) is 5.75 Å². The summed E-state index contributed by atoms with van der Waals surface area (Å²) < 4.78 is 7.97. The van der Waals surface area contributed by atoms with Crippen molar-refractivity contribution in [2.24, 2.45) is 0 Å². The van der Waals surface area contributed by atoms with Gasteiger partial charge in [0.25, 0.3) is 0 Å². The van der Waals surface area contributed by atoms with Crippen molar-refractivity contribution >= 4 is 6.09 Å². The number of carbonyl (C=O) groups is 1. The van der Waals surface area contributed by atoms with Gasteiger partial charge in [-0.2, -0.15) is 0 Å². The van der Waals surface area contributed by atoms with Crippen molar-refractivity contribution in [3.63, 3.8) is 0 Å². The lowest BCUT2D eigenvalue weighted by Gasteiger charge is -2.33. The molecule has 1 saturated heterocycles. The number of aromatic nitrogens is 1. The Balaban J connectivity index is 1.26. The molecule has 2 aromatic carbocycles. The molecule has 0 atom stereocenters. The van der Waals surface area contributed by atoms with Crippen LogP contribution in [0.1, 0.15) is 11.1 Å². The third kappa shape index (κ3) is 4.97. The van der Waals surface area contributed by atoms with Crippen molar-refractivity contribution in [2.75, 3.05) is 26.2 Å². The SMILES string of the molecule is O=C(O)N1CCN(Cc2ccc(COc3ccc(-n4cccc4)cc3)cc2)CC1. The zero-order valence-corrected chi connectivity index (χ0v) is 16.3. The number of nitrogens with zero attached hydrogens (tertiary/aromatic N) is 3. The highest BCUT2D eigenvalue weighted by Gasteiger charge is 2.20. The first kappa shape index (κ1) is 19.1. The van der Waals surface area contributed by atoms with E-state index in [1.807, 2.05) is 48.8 Å². The number of hydrogen-bond acceptors (Lipinski definition) is 3. The van der Waals surface area contributed by atoms with E-state index in [1.165, 1.54) is 10.5 Å². The van der Waals surface area contributed by atoms with Crippen LogP contribution in [-0.2, 0) is 13.2 Å². The average Bonchev–Trinajstić information content (AvgIpc) is 3.29. The van der Waals surface area contributed by atoms with Gasteiger partial charge >= 0.3 is 6.09 Å². The Hall–Kier alpha value is -3.25. The van der Waals surface area contributed by atoms with E-state index in [0.29, 0.717) is 19.7 Å². The van der Waals surface area contributed by atoms with Gasteiger partial charge in [-0.05, 0) is 47.5 Å². The Labute approximate surface area is 170 Å². The fourth-order valence-electron chi connectivity index (χ4n) is 3.48. The number of benzene rings is 2. The fourth-order valence-corrected chi connectivity index (χ4v) is 3.48. The van der Waals surface area contributed by atoms with E-state index in [0.717, 1.165) is 36.6 Å². The summed E-state index contributed by atoms with van der Waals surface area (Å²) in [6.45, 7) is 4.07. The Morgan fingerprint density at radius 3 is 2.10 bits per heavy atom. The van der Waals surface area contributed by atoms with E-state index in [9.17, 15) is 4.79 Å². The van der Waals surface area contributed by atoms with Crippen molar-refractivity contribution in [1.29, 1.82) is 0 Å². The van der Waals surface area contributed by atoms with Crippen LogP contribution in [0, 0.1) is 0 Å². The summed E-state index contributed by atoms with van der Waals surface area (Å²) in [5.74, 6) is 0.848. The van der Waals surface area contributed by atoms with Gasteiger partial charge in [0.05, 0.1) is 0 Å². The molecule has 0 saturated carbocycles. The smallest absolute Gasteiger partial charge is 0.407 e. The van der Waals surface area contributed by atoms with Crippen molar-refractivity contribution in [3.05, 3.63) is 84.2 Å². The highest BCUT2D eigenvalue weighted by Crippen LogP contribution is 2.17. The molecular weight excluding hydrogens is 366 g/mol. The lowest BCUT2D eigenvalue weighted by atomic mass is 10.1. The predicted molar refractivity (Wildman–Crippen MR) is 111 cm³/mol. The molecule has 4 rings (SSSR count). The normalized spacial score (nSPS) is 14.7. The number of carboxylic acid groups (broad SMARTS) is 1. The number of rotatable bonds is 6. The number of ether oxygens (including phenoxy) is 1. The van der Waals surface area contributed by atoms with Gasteiger partial charge in [0.1, 0.15) is 12.4 Å². The molecule has 1 N–H and O–H groups in total. The summed E-state index contributed by atoms with van der Waals surface area (Å²) in [5, 5.41) is 9.03. The van der Waals surface area contributed by atoms with Gasteiger partial charge in [-0.3, -0.25) is 4.90 Å². The highest BCUT2D eigenvalue weighted by atomic mass is 16.5. The molecule has 2 heterocycles. The molecule has 1 aliphatic heterocycles. The van der Waals surface area contributed by atoms with E-state index >= 15 is 0 Å². The maximum Gasteiger partial charge on any atom is 0.407 e. The summed E-state index contributed by atoms with van der Waals surface area (Å²) >= 11 is 0. The van der Waals surface area contributed by atoms with E-state index in [1.54, 1.807) is 0 Å². The molecule has 150 valence electrons. The molecular formula is C23H25N3O3. The first-order valence-corrected chi connectivity index (χ1v) is 9.82. The molecule has 6 nitrogen and oxygen atoms in total. The van der Waals surface area contributed by atoms with Gasteiger partial charge in [-0.25, -0.2) is 4.79 Å². The van der Waals surface area contributed by atoms with E-state index < -0.39 is 6.09 Å². The van der Waals surface area contributed by atoms with Gasteiger partial charge in [0.2, 0.25) is 0 Å². The molecule has 0 bridgehead atoms. The molecule has 29 heavy (non-hydrogen) atoms. The minimum absolute atomic E-state index is 0.528. The minimum atomic E-state index is -0.826. The number of piperazine rings is 1. The Morgan fingerprint density at radius 2 is 1.48 bits per heavy atom. The van der Waals surface area contributed by atoms with Gasteiger partial charge in [0, 0.05) is 50.8 Å². The van der Waals surface area contributed by atoms with Crippen molar-refractivity contribution < 1.29 is 14.6 Å². The minimum Gasteiger partial charge on any atom is -0.489 e. The molecule has 0 unspecified atom stereocenters. The van der Waals surface area contributed by atoms with Crippen LogP contribution in [0.25, 0.3) is 5.69 Å². The zero-order valence-electron chi connectivity index (χ0n) is 16.3. The number of hydrogen-bond donors (Lipinski definition) is 1. The van der Waals surface area contributed by atoms with Gasteiger partial charge in [-0.1, -0.05) is 24.3 Å². The van der Waals surface area contributed by atoms with Crippen LogP contribution in [0.15, 0.2) is 73.1 Å². The summed E-state index contributed by atoms with van der Waals surface area (Å²) in [7, 11) is 0. The van der Waals surface area contributed by atoms with E-state index in [4.69, 9.17) is 9.84 Å². The average molecular weight is 391 g/mol. The Morgan fingerprint density at radius 1 is 0.862 bits per heavy atom. The Kier molecular flexibility index (Phi) is 5.81. The second-order valence-corrected chi connectivity index (χ2v) is 7.24. The van der Waals surface area contributed by atoms with Crippen molar-refractivity contribution in [1.82, 2.24) is 14.4 Å². The second-order valence-electron chi connectivity index (χ2n) is 7.24. The second kappa shape index (κ2) is 8.84. The van der Waals surface area contributed by atoms with Crippen LogP contribution in [-0.4, -0.2) is 51.7 Å². The largest absolute Gasteiger partial charge is 0.489 e. The number of amides is 1. The standard InChI is InChI=1S/C23H25N3O3/c27-23(28)26-15-13-24(14-16-26)17-19-3-5-20(6-4-19)18-29-22-9-7-21(8-10-22)25-11-1-2-12-25/h1-12H,13-18H2,(H,27,28). The van der Waals surface area contributed by atoms with E-state index in [2.05, 4.69) is 33.7 Å². The van der Waals surface area contributed by atoms with Crippen molar-refractivity contribution in [2.45, 2.75) is 13.2 Å². The topological polar surface area (TPSA) is 57.9 Å². The van der Waals surface area contributed by atoms with Crippen LogP contribution < -0.4 is 4.74 Å². The molecule has 0 spiro atoms. The first-order chi connectivity index (χ1) is 14.2. The monoisotopic (exact) mass is 391 g/mol. The third-order valence-electron chi connectivity index (χ3n) is 5.22. The molecule has 3 aromatic rings. The lowest BCUT2D eigenvalue weighted by Crippen LogP contribution is -2.47. The maximum absolute atomic E-state index is 11.0. The Bertz CT molecular complexity index is 913. The van der Waals surface area contributed by atoms with Crippen molar-refractivity contribution in [3.8, 4) is 11.4 Å². The van der Waals surface area contributed by atoms with Crippen LogP contribution in [0.3, 0.4) is 0 Å². The van der Waals surface area contributed by atoms with Gasteiger partial charge in [-0.15, -0.1) is 0 Å². The molecule has 1 aromatic heterocycles. The summed E-state index contributed by atoms with van der Waals surface area (Å²) in [4.78, 5) is 14.7. The summed E-state index contributed by atoms with van der Waals surface area (Å²) in [6, 6.07) is 20.5. The van der Waals surface area contributed by atoms with Crippen LogP contribution in [0.2, 0.25) is 0 Å². The van der Waals surface area contributed by atoms with Crippen LogP contribution in [0.4, 0.5) is 4.79 Å². The molecule has 1 fully saturated rings. The maximum atomic E-state index is 11.0. The highest BCUT2D eigenvalue weighted by molar-refractivity contribution is 5.65.